The number of urea groups is 1. The molecular formula is C23H29F3N4O4S. The lowest BCUT2D eigenvalue weighted by Crippen LogP contribution is -2.68. The molecule has 12 heteroatoms. The van der Waals surface area contributed by atoms with Gasteiger partial charge in [-0.05, 0) is 55.4 Å². The minimum absolute atomic E-state index is 0.0129. The Morgan fingerprint density at radius 1 is 1.26 bits per heavy atom. The largest absolute Gasteiger partial charge is 0.416 e. The summed E-state index contributed by atoms with van der Waals surface area (Å²) in [5, 5.41) is 2.90. The van der Waals surface area contributed by atoms with Crippen molar-refractivity contribution in [2.45, 2.75) is 48.9 Å². The summed E-state index contributed by atoms with van der Waals surface area (Å²) in [5.41, 5.74) is -0.410. The number of morpholine rings is 1. The number of piperidine rings is 1. The smallest absolute Gasteiger partial charge is 0.366 e. The van der Waals surface area contributed by atoms with Gasteiger partial charge in [0.05, 0.1) is 27.4 Å². The van der Waals surface area contributed by atoms with Crippen molar-refractivity contribution in [1.82, 2.24) is 15.1 Å². The lowest BCUT2D eigenvalue weighted by atomic mass is 9.56. The van der Waals surface area contributed by atoms with Crippen LogP contribution >= 0.6 is 0 Å². The normalized spacial score (nSPS) is 27.9. The third-order valence-corrected chi connectivity index (χ3v) is 8.76. The minimum atomic E-state index is -4.56. The molecule has 1 spiro atoms. The van der Waals surface area contributed by atoms with Crippen LogP contribution in [0.1, 0.15) is 30.4 Å². The molecule has 3 atom stereocenters. The van der Waals surface area contributed by atoms with E-state index in [1.54, 1.807) is 9.80 Å². The monoisotopic (exact) mass is 514 g/mol. The number of benzene rings is 1. The molecule has 1 aliphatic carbocycles. The van der Waals surface area contributed by atoms with Crippen LogP contribution in [0.15, 0.2) is 23.1 Å². The van der Waals surface area contributed by atoms with E-state index >= 15 is 0 Å². The van der Waals surface area contributed by atoms with Gasteiger partial charge in [0.2, 0.25) is 5.91 Å². The van der Waals surface area contributed by atoms with Gasteiger partial charge in [-0.1, -0.05) is 0 Å². The molecule has 0 aromatic heterocycles. The Bertz CT molecular complexity index is 1140. The Morgan fingerprint density at radius 2 is 1.97 bits per heavy atom. The number of likely N-dealkylation sites (tertiary alicyclic amines) is 2. The first kappa shape index (κ1) is 24.4. The fourth-order valence-electron chi connectivity index (χ4n) is 6.04. The van der Waals surface area contributed by atoms with Gasteiger partial charge in [-0.3, -0.25) is 4.79 Å². The Hall–Kier alpha value is -2.34. The average molecular weight is 515 g/mol. The molecule has 1 saturated carbocycles. The van der Waals surface area contributed by atoms with E-state index in [1.807, 2.05) is 0 Å². The van der Waals surface area contributed by atoms with Gasteiger partial charge in [-0.25, -0.2) is 13.8 Å². The lowest BCUT2D eigenvalue weighted by Gasteiger charge is -2.60. The highest BCUT2D eigenvalue weighted by molar-refractivity contribution is 7.91. The number of hydrogen-bond donors (Lipinski definition) is 2. The predicted octanol–water partition coefficient (Wildman–Crippen LogP) is 2.70. The molecule has 3 amide bonds. The molecule has 192 valence electrons. The van der Waals surface area contributed by atoms with Crippen molar-refractivity contribution in [2.75, 3.05) is 39.0 Å². The summed E-state index contributed by atoms with van der Waals surface area (Å²) in [5.74, 6) is 0.0217. The van der Waals surface area contributed by atoms with Gasteiger partial charge in [0.1, 0.15) is 6.61 Å². The van der Waals surface area contributed by atoms with Gasteiger partial charge >= 0.3 is 12.2 Å². The molecular weight excluding hydrogens is 485 g/mol. The predicted molar refractivity (Wildman–Crippen MR) is 120 cm³/mol. The summed E-state index contributed by atoms with van der Waals surface area (Å²) in [6, 6.07) is 3.13. The van der Waals surface area contributed by atoms with Gasteiger partial charge in [0, 0.05) is 42.7 Å². The van der Waals surface area contributed by atoms with Crippen LogP contribution in [-0.4, -0.2) is 77.1 Å². The topological polar surface area (TPSA) is 103 Å². The van der Waals surface area contributed by atoms with Crippen LogP contribution in [0, 0.1) is 16.1 Å². The third-order valence-electron chi connectivity index (χ3n) is 7.63. The van der Waals surface area contributed by atoms with E-state index in [-0.39, 0.29) is 46.9 Å². The van der Waals surface area contributed by atoms with Crippen LogP contribution in [0.2, 0.25) is 0 Å². The summed E-state index contributed by atoms with van der Waals surface area (Å²) in [6.07, 6.45) is -0.747. The van der Waals surface area contributed by atoms with Gasteiger partial charge < -0.3 is 19.9 Å². The molecule has 1 aromatic rings. The second-order valence-electron chi connectivity index (χ2n) is 10.6. The second-order valence-corrected chi connectivity index (χ2v) is 12.7. The SMILES string of the molecule is CS(=N)(=O)c1cc(CC2CC3(C2)CN(C(=O)N2CC[C@@H]4OCC(=O)N[C@@H]4C2)C3)cc(C(F)(F)F)c1. The molecule has 5 rings (SSSR count). The van der Waals surface area contributed by atoms with Crippen molar-refractivity contribution < 1.29 is 31.7 Å². The van der Waals surface area contributed by atoms with E-state index in [1.165, 1.54) is 6.07 Å². The summed E-state index contributed by atoms with van der Waals surface area (Å²) in [4.78, 5) is 28.0. The number of ether oxygens (including phenoxy) is 1. The molecule has 0 bridgehead atoms. The molecule has 2 N–H and O–H groups in total. The first-order chi connectivity index (χ1) is 16.3. The highest BCUT2D eigenvalue weighted by Crippen LogP contribution is 2.53. The number of hydrogen-bond acceptors (Lipinski definition) is 5. The number of alkyl halides is 3. The fraction of sp³-hybridized carbons (Fsp3) is 0.652. The molecule has 4 fully saturated rings. The summed E-state index contributed by atoms with van der Waals surface area (Å²) < 4.78 is 65.3. The van der Waals surface area contributed by atoms with Gasteiger partial charge in [0.15, 0.2) is 0 Å². The van der Waals surface area contributed by atoms with Gasteiger partial charge in [-0.15, -0.1) is 0 Å². The number of fused-ring (bicyclic) bond motifs is 1. The fourth-order valence-corrected chi connectivity index (χ4v) is 6.77. The molecule has 1 unspecified atom stereocenters. The molecule has 0 radical (unpaired) electrons. The summed E-state index contributed by atoms with van der Waals surface area (Å²) in [7, 11) is -3.27. The van der Waals surface area contributed by atoms with Crippen LogP contribution in [0.4, 0.5) is 18.0 Å². The number of amides is 3. The number of nitrogens with one attached hydrogen (secondary N) is 2. The van der Waals surface area contributed by atoms with Crippen molar-refractivity contribution in [2.24, 2.45) is 11.3 Å². The van der Waals surface area contributed by atoms with E-state index in [0.29, 0.717) is 44.6 Å². The van der Waals surface area contributed by atoms with Crippen LogP contribution in [-0.2, 0) is 31.9 Å². The van der Waals surface area contributed by atoms with E-state index in [2.05, 4.69) is 5.32 Å². The van der Waals surface area contributed by atoms with Gasteiger partial charge in [0.25, 0.3) is 0 Å². The maximum atomic E-state index is 13.3. The third kappa shape index (κ3) is 4.87. The van der Waals surface area contributed by atoms with E-state index in [4.69, 9.17) is 9.52 Å². The maximum absolute atomic E-state index is 13.3. The Balaban J connectivity index is 1.15. The average Bonchev–Trinajstić information content (AvgIpc) is 2.72. The molecule has 3 aliphatic heterocycles. The number of halogens is 3. The van der Waals surface area contributed by atoms with Crippen molar-refractivity contribution in [1.29, 1.82) is 4.78 Å². The first-order valence-corrected chi connectivity index (χ1v) is 13.7. The van der Waals surface area contributed by atoms with Crippen molar-refractivity contribution in [3.8, 4) is 0 Å². The molecule has 1 aromatic carbocycles. The van der Waals surface area contributed by atoms with Crippen LogP contribution in [0.3, 0.4) is 0 Å². The second kappa shape index (κ2) is 8.36. The zero-order chi connectivity index (χ0) is 25.2. The maximum Gasteiger partial charge on any atom is 0.416 e. The molecule has 3 heterocycles. The van der Waals surface area contributed by atoms with E-state index < -0.39 is 21.5 Å². The summed E-state index contributed by atoms with van der Waals surface area (Å²) in [6.45, 7) is 2.32. The Morgan fingerprint density at radius 3 is 2.63 bits per heavy atom. The van der Waals surface area contributed by atoms with Crippen LogP contribution < -0.4 is 5.32 Å². The molecule has 3 saturated heterocycles. The number of nitrogens with zero attached hydrogens (tertiary/aromatic N) is 2. The van der Waals surface area contributed by atoms with Gasteiger partial charge in [-0.2, -0.15) is 13.2 Å². The number of rotatable bonds is 3. The zero-order valence-electron chi connectivity index (χ0n) is 19.4. The first-order valence-electron chi connectivity index (χ1n) is 11.7. The zero-order valence-corrected chi connectivity index (χ0v) is 20.2. The Kier molecular flexibility index (Phi) is 5.82. The van der Waals surface area contributed by atoms with Crippen LogP contribution in [0.25, 0.3) is 0 Å². The molecule has 35 heavy (non-hydrogen) atoms. The number of carbonyl (C=O) groups is 2. The van der Waals surface area contributed by atoms with E-state index in [0.717, 1.165) is 31.2 Å². The highest BCUT2D eigenvalue weighted by Gasteiger charge is 2.54. The Labute approximate surface area is 202 Å². The minimum Gasteiger partial charge on any atom is -0.366 e. The van der Waals surface area contributed by atoms with Crippen LogP contribution in [0.5, 0.6) is 0 Å². The molecule has 4 aliphatic rings. The van der Waals surface area contributed by atoms with Crippen molar-refractivity contribution in [3.05, 3.63) is 29.3 Å². The number of carbonyl (C=O) groups excluding carboxylic acids is 2. The molecule has 8 nitrogen and oxygen atoms in total. The van der Waals surface area contributed by atoms with E-state index in [9.17, 15) is 27.0 Å². The lowest BCUT2D eigenvalue weighted by molar-refractivity contribution is -0.140. The quantitative estimate of drug-likeness (QED) is 0.648. The van der Waals surface area contributed by atoms with Crippen molar-refractivity contribution >= 4 is 21.7 Å². The highest BCUT2D eigenvalue weighted by atomic mass is 32.2. The standard InChI is InChI=1S/C23H29F3N4O4S/c1-35(27,33)17-6-14(5-16(7-17)23(24,25)26)4-15-8-22(9-15)12-30(13-22)21(32)29-3-2-19-18(10-29)28-20(31)11-34-19/h5-7,15,18-19,27H,2-4,8-13H2,1H3,(H,28,31)/t18-,19+,35?/m1/s1. The van der Waals surface area contributed by atoms with Crippen molar-refractivity contribution in [3.63, 3.8) is 0 Å². The summed E-state index contributed by atoms with van der Waals surface area (Å²) >= 11 is 0.